The molecular formula is C63H86Br2ClF3N8O16. The molecule has 3 aliphatic rings. The number of nitrogens with one attached hydrogen (secondary N) is 5. The number of alkyl carbamates (subject to hydrolysis) is 1. The number of methoxy groups -OCH3 is 2. The molecule has 0 aliphatic carbocycles. The molecule has 516 valence electrons. The molecule has 2 aromatic carbocycles. The number of ether oxygens (including phenoxy) is 6. The normalized spacial score (nSPS) is 24.2. The number of aliphatic hydroxyl groups is 1. The quantitative estimate of drug-likeness (QED) is 0.0149. The highest BCUT2D eigenvalue weighted by molar-refractivity contribution is 9.10. The minimum Gasteiger partial charge on any atom is -0.495 e. The van der Waals surface area contributed by atoms with Crippen molar-refractivity contribution in [2.75, 3.05) is 55.7 Å². The van der Waals surface area contributed by atoms with Gasteiger partial charge in [-0.15, -0.1) is 0 Å². The first-order valence-electron chi connectivity index (χ1n) is 30.2. The third kappa shape index (κ3) is 20.2. The van der Waals surface area contributed by atoms with Crippen molar-refractivity contribution in [2.45, 2.75) is 184 Å². The lowest BCUT2D eigenvalue weighted by atomic mass is 9.83. The number of benzene rings is 2. The van der Waals surface area contributed by atoms with Crippen LogP contribution in [0.3, 0.4) is 0 Å². The molecule has 0 aromatic heterocycles. The van der Waals surface area contributed by atoms with Crippen molar-refractivity contribution in [3.05, 3.63) is 75.8 Å². The summed E-state index contributed by atoms with van der Waals surface area (Å²) in [4.78, 5) is 122. The van der Waals surface area contributed by atoms with Crippen LogP contribution in [-0.2, 0) is 65.0 Å². The number of hydrogen-bond acceptors (Lipinski definition) is 17. The highest BCUT2D eigenvalue weighted by Gasteiger charge is 2.64. The number of amides is 7. The van der Waals surface area contributed by atoms with Crippen molar-refractivity contribution in [1.82, 2.24) is 26.2 Å². The Morgan fingerprint density at radius 3 is 2.30 bits per heavy atom. The Bertz CT molecular complexity index is 3120. The molecule has 11 atom stereocenters. The SMILES string of the molecule is COc1cc2cc(c1Cl)N(C)C(=O)C[C@H](OC(=O)[C@H](C)N(C)C(=O)c1ccc(NC(=O)[C@H](CCCNC(N)=O)NC(=O)[C@@H](NC(C=O)CCCC(C)(C)OC(C=O)(CBr)CBr)C(C)C)cc1C(F)(F)F)[C@]1(C)O[C@H]1[C@H](C)[C@@H]1C[C@@](O)(NC(=O)O1)[C@H](OC)/C=C/C=C(\C)C2. The van der Waals surface area contributed by atoms with E-state index in [1.807, 2.05) is 6.92 Å². The maximum absolute atomic E-state index is 15.2. The Kier molecular flexibility index (Phi) is 27.5. The van der Waals surface area contributed by atoms with E-state index < -0.39 is 154 Å². The Morgan fingerprint density at radius 1 is 1.03 bits per heavy atom. The van der Waals surface area contributed by atoms with Gasteiger partial charge in [0.1, 0.15) is 58.7 Å². The lowest BCUT2D eigenvalue weighted by Gasteiger charge is -2.42. The van der Waals surface area contributed by atoms with Gasteiger partial charge in [0.25, 0.3) is 5.91 Å². The van der Waals surface area contributed by atoms with Crippen LogP contribution in [0.2, 0.25) is 5.02 Å². The second-order valence-corrected chi connectivity index (χ2v) is 26.4. The zero-order valence-electron chi connectivity index (χ0n) is 54.1. The van der Waals surface area contributed by atoms with Crippen LogP contribution in [0.4, 0.5) is 34.1 Å². The van der Waals surface area contributed by atoms with Gasteiger partial charge in [0.2, 0.25) is 17.7 Å². The van der Waals surface area contributed by atoms with Gasteiger partial charge in [-0.1, -0.05) is 88.0 Å². The number of carbonyl (C=O) groups excluding carboxylic acids is 9. The van der Waals surface area contributed by atoms with Crippen LogP contribution in [0.5, 0.6) is 5.75 Å². The number of nitrogens with zero attached hydrogens (tertiary/aromatic N) is 2. The zero-order chi connectivity index (χ0) is 69.7. The fourth-order valence-electron chi connectivity index (χ4n) is 11.2. The molecule has 0 radical (unpaired) electrons. The van der Waals surface area contributed by atoms with Gasteiger partial charge in [-0.05, 0) is 115 Å². The molecule has 93 heavy (non-hydrogen) atoms. The number of epoxide rings is 1. The number of carbonyl (C=O) groups is 9. The number of fused-ring (bicyclic) bond motifs is 5. The summed E-state index contributed by atoms with van der Waals surface area (Å²) in [6.45, 7) is 13.2. The number of nitrogens with two attached hydrogens (primary N) is 1. The number of anilines is 2. The Balaban J connectivity index is 1.40. The van der Waals surface area contributed by atoms with E-state index in [0.717, 1.165) is 24.8 Å². The summed E-state index contributed by atoms with van der Waals surface area (Å²) in [7, 11) is 5.26. The van der Waals surface area contributed by atoms with Crippen LogP contribution in [-0.4, -0.2) is 181 Å². The molecule has 3 heterocycles. The number of urea groups is 1. The minimum atomic E-state index is -5.25. The van der Waals surface area contributed by atoms with Gasteiger partial charge in [-0.2, -0.15) is 13.2 Å². The van der Waals surface area contributed by atoms with Gasteiger partial charge < -0.3 is 74.6 Å². The number of rotatable bonds is 27. The average molecular weight is 1460 g/mol. The smallest absolute Gasteiger partial charge is 0.417 e. The second kappa shape index (κ2) is 33.0. The monoisotopic (exact) mass is 1460 g/mol. The number of likely N-dealkylation sites (N-methyl/N-ethyl adjacent to an activating group) is 1. The fourth-order valence-corrected chi connectivity index (χ4v) is 12.9. The lowest BCUT2D eigenvalue weighted by molar-refractivity contribution is -0.158. The van der Waals surface area contributed by atoms with Crippen LogP contribution in [0.1, 0.15) is 122 Å². The van der Waals surface area contributed by atoms with Crippen LogP contribution in [0, 0.1) is 11.8 Å². The summed E-state index contributed by atoms with van der Waals surface area (Å²) < 4.78 is 81.0. The summed E-state index contributed by atoms with van der Waals surface area (Å²) >= 11 is 13.5. The summed E-state index contributed by atoms with van der Waals surface area (Å²) in [5.74, 6) is -5.85. The van der Waals surface area contributed by atoms with Crippen molar-refractivity contribution in [1.29, 1.82) is 0 Å². The molecule has 4 bridgehead atoms. The van der Waals surface area contributed by atoms with Crippen molar-refractivity contribution >= 4 is 109 Å². The molecule has 0 saturated carbocycles. The van der Waals surface area contributed by atoms with Crippen LogP contribution < -0.4 is 42.0 Å². The highest BCUT2D eigenvalue weighted by Crippen LogP contribution is 2.49. The molecule has 3 aliphatic heterocycles. The van der Waals surface area contributed by atoms with E-state index >= 15 is 13.2 Å². The van der Waals surface area contributed by atoms with E-state index in [1.165, 1.54) is 33.1 Å². The number of esters is 1. The first kappa shape index (κ1) is 77.5. The van der Waals surface area contributed by atoms with Gasteiger partial charge >= 0.3 is 24.3 Å². The third-order valence-electron chi connectivity index (χ3n) is 16.8. The molecule has 8 N–H and O–H groups in total. The van der Waals surface area contributed by atoms with E-state index in [4.69, 9.17) is 45.8 Å². The van der Waals surface area contributed by atoms with Crippen molar-refractivity contribution in [3.63, 3.8) is 0 Å². The van der Waals surface area contributed by atoms with E-state index in [-0.39, 0.29) is 59.3 Å². The highest BCUT2D eigenvalue weighted by atomic mass is 79.9. The molecule has 0 spiro atoms. The molecule has 30 heteroatoms. The van der Waals surface area contributed by atoms with Gasteiger partial charge in [-0.25, -0.2) is 14.4 Å². The van der Waals surface area contributed by atoms with Gasteiger partial charge in [0.15, 0.2) is 12.0 Å². The second-order valence-electron chi connectivity index (χ2n) is 24.9. The Hall–Kier alpha value is -6.21. The number of hydrogen-bond donors (Lipinski definition) is 7. The largest absolute Gasteiger partial charge is 0.495 e. The number of halogens is 6. The maximum atomic E-state index is 15.2. The molecule has 1 unspecified atom stereocenters. The number of aldehydes is 2. The van der Waals surface area contributed by atoms with Crippen molar-refractivity contribution in [2.24, 2.45) is 17.6 Å². The van der Waals surface area contributed by atoms with E-state index in [0.29, 0.717) is 48.4 Å². The molecule has 2 aromatic rings. The molecule has 5 rings (SSSR count). The maximum Gasteiger partial charge on any atom is 0.417 e. The summed E-state index contributed by atoms with van der Waals surface area (Å²) in [6, 6.07) is -0.216. The van der Waals surface area contributed by atoms with Crippen LogP contribution in [0.25, 0.3) is 0 Å². The Morgan fingerprint density at radius 2 is 1.71 bits per heavy atom. The molecular weight excluding hydrogens is 1380 g/mol. The fraction of sp³-hybridized carbons (Fsp3) is 0.603. The molecule has 7 amide bonds. The molecule has 2 saturated heterocycles. The Labute approximate surface area is 561 Å². The predicted molar refractivity (Wildman–Crippen MR) is 346 cm³/mol. The average Bonchev–Trinajstić information content (AvgIpc) is 1.58. The van der Waals surface area contributed by atoms with Crippen molar-refractivity contribution < 1.29 is 89.8 Å². The topological polar surface area (TPSA) is 325 Å². The first-order valence-corrected chi connectivity index (χ1v) is 32.8. The lowest BCUT2D eigenvalue weighted by Crippen LogP contribution is -2.63. The van der Waals surface area contributed by atoms with Crippen molar-refractivity contribution in [3.8, 4) is 5.75 Å². The summed E-state index contributed by atoms with van der Waals surface area (Å²) in [5, 5.41) is 25.4. The molecule has 2 fully saturated rings. The van der Waals surface area contributed by atoms with Gasteiger partial charge in [-0.3, -0.25) is 29.8 Å². The van der Waals surface area contributed by atoms with E-state index in [9.17, 15) is 48.3 Å². The van der Waals surface area contributed by atoms with Crippen LogP contribution >= 0.6 is 43.5 Å². The summed E-state index contributed by atoms with van der Waals surface area (Å²) in [6.07, 6.45) is -3.92. The third-order valence-corrected chi connectivity index (χ3v) is 19.1. The standard InChI is InChI=1S/C63H86Br2ClF3N8O16/c1-34(2)51(72-40(30-78)17-14-22-59(6,7)93-61(31-64,32-65)33-79)54(82)74-43(18-15-23-71-57(70)85)53(81)73-39-20-21-41(42(27-39)63(67,68)69)55(83)76(9)37(5)56(84)91-48-28-49(80)77(10)44-25-38(26-45(88-11)50(44)66)24-35(3)16-13-19-47(89-12)62(87)29-46(90-58(86)75-62)36(4)52-60(48,8)92-52/h13,16,19-21,25-27,30,33-34,36-37,40,43,46-48,51-52,72,87H,14-15,17-18,22-24,28-29,31-32H2,1-12H3,(H,73,81)(H,74,82)(H,75,86)(H3,70,71,85)/b19-13+,35-16+/t36-,37+,40?,43+,46+,47-,48+,51+,52+,60+,62+/m1/s1. The summed E-state index contributed by atoms with van der Waals surface area (Å²) in [5.41, 5.74) is -1.42. The first-order chi connectivity index (χ1) is 43.5. The van der Waals surface area contributed by atoms with Gasteiger partial charge in [0, 0.05) is 56.4 Å². The van der Waals surface area contributed by atoms with E-state index in [1.54, 1.807) is 71.9 Å². The number of alkyl halides is 5. The van der Waals surface area contributed by atoms with Gasteiger partial charge in [0.05, 0.1) is 54.1 Å². The number of allylic oxidation sites excluding steroid dienone is 3. The number of primary amides is 1. The minimum absolute atomic E-state index is 0.0468. The molecule has 24 nitrogen and oxygen atoms in total. The van der Waals surface area contributed by atoms with Crippen LogP contribution in [0.15, 0.2) is 54.1 Å². The zero-order valence-corrected chi connectivity index (χ0v) is 58.1. The van der Waals surface area contributed by atoms with E-state index in [2.05, 4.69) is 58.4 Å². The predicted octanol–water partition coefficient (Wildman–Crippen LogP) is 7.59.